The van der Waals surface area contributed by atoms with E-state index in [1.165, 1.54) is 18.2 Å². The van der Waals surface area contributed by atoms with E-state index < -0.39 is 11.2 Å². The quantitative estimate of drug-likeness (QED) is 0.548. The number of nitrogens with two attached hydrogens (primary N) is 1. The SMILES string of the molecule is CC(C)c1cc(Oc2c(Cl)cc(-n3nc(CN)c(=O)[nH]c3=O)cc2Cl)n[nH]c1=O. The van der Waals surface area contributed by atoms with Gasteiger partial charge in [0.15, 0.2) is 5.75 Å². The summed E-state index contributed by atoms with van der Waals surface area (Å²) in [7, 11) is 0. The molecule has 0 aliphatic heterocycles. The van der Waals surface area contributed by atoms with Gasteiger partial charge in [-0.05, 0) is 18.1 Å². The molecule has 0 aliphatic carbocycles. The maximum Gasteiger partial charge on any atom is 0.349 e. The first kappa shape index (κ1) is 20.8. The third-order valence-electron chi connectivity index (χ3n) is 3.95. The number of benzene rings is 1. The summed E-state index contributed by atoms with van der Waals surface area (Å²) in [6, 6.07) is 4.25. The van der Waals surface area contributed by atoms with Crippen LogP contribution in [0.5, 0.6) is 11.6 Å². The zero-order valence-corrected chi connectivity index (χ0v) is 16.8. The number of halogens is 2. The van der Waals surface area contributed by atoms with Crippen molar-refractivity contribution in [3.05, 3.63) is 70.7 Å². The molecule has 0 spiro atoms. The molecule has 0 amide bonds. The summed E-state index contributed by atoms with van der Waals surface area (Å²) >= 11 is 12.6. The second-order valence-corrected chi connectivity index (χ2v) is 7.12. The van der Waals surface area contributed by atoms with E-state index in [0.29, 0.717) is 5.56 Å². The zero-order chi connectivity index (χ0) is 21.3. The second kappa shape index (κ2) is 8.19. The third kappa shape index (κ3) is 4.24. The summed E-state index contributed by atoms with van der Waals surface area (Å²) in [6.45, 7) is 3.55. The molecule has 0 unspecified atom stereocenters. The summed E-state index contributed by atoms with van der Waals surface area (Å²) in [5, 5.41) is 10.2. The molecule has 2 heterocycles. The van der Waals surface area contributed by atoms with Gasteiger partial charge in [-0.1, -0.05) is 37.0 Å². The van der Waals surface area contributed by atoms with Crippen molar-refractivity contribution in [2.75, 3.05) is 0 Å². The van der Waals surface area contributed by atoms with Gasteiger partial charge in [-0.2, -0.15) is 9.78 Å². The standard InChI is InChI=1S/C17H16Cl2N6O4/c1-7(2)9-5-13(22-23-15(9)26)29-14-10(18)3-8(4-11(14)19)25-17(28)21-16(27)12(6-20)24-25/h3-5,7H,6,20H2,1-2H3,(H,23,26)(H,21,27,28). The van der Waals surface area contributed by atoms with Crippen LogP contribution in [0.2, 0.25) is 10.0 Å². The first-order chi connectivity index (χ1) is 13.7. The summed E-state index contributed by atoms with van der Waals surface area (Å²) in [4.78, 5) is 37.6. The van der Waals surface area contributed by atoms with Gasteiger partial charge in [0, 0.05) is 18.2 Å². The minimum atomic E-state index is -0.781. The number of rotatable bonds is 5. The number of aromatic nitrogens is 5. The number of hydrogen-bond acceptors (Lipinski definition) is 7. The molecule has 0 radical (unpaired) electrons. The highest BCUT2D eigenvalue weighted by molar-refractivity contribution is 6.37. The van der Waals surface area contributed by atoms with E-state index >= 15 is 0 Å². The highest BCUT2D eigenvalue weighted by atomic mass is 35.5. The summed E-state index contributed by atoms with van der Waals surface area (Å²) in [6.07, 6.45) is 0. The summed E-state index contributed by atoms with van der Waals surface area (Å²) in [5.74, 6) is 0.116. The fourth-order valence-electron chi connectivity index (χ4n) is 2.50. The van der Waals surface area contributed by atoms with E-state index in [1.807, 2.05) is 13.8 Å². The van der Waals surface area contributed by atoms with Crippen LogP contribution in [0, 0.1) is 0 Å². The van der Waals surface area contributed by atoms with Crippen LogP contribution in [-0.4, -0.2) is 25.0 Å². The Morgan fingerprint density at radius 3 is 2.38 bits per heavy atom. The molecule has 0 aliphatic rings. The highest BCUT2D eigenvalue weighted by Crippen LogP contribution is 2.37. The van der Waals surface area contributed by atoms with E-state index in [2.05, 4.69) is 20.3 Å². The minimum absolute atomic E-state index is 0.0316. The summed E-state index contributed by atoms with van der Waals surface area (Å²) in [5.41, 5.74) is 4.33. The third-order valence-corrected chi connectivity index (χ3v) is 4.52. The van der Waals surface area contributed by atoms with Crippen LogP contribution in [0.25, 0.3) is 5.69 Å². The average Bonchev–Trinajstić information content (AvgIpc) is 2.65. The Hall–Kier alpha value is -2.95. The monoisotopic (exact) mass is 438 g/mol. The predicted octanol–water partition coefficient (Wildman–Crippen LogP) is 1.69. The fraction of sp³-hybridized carbons (Fsp3) is 0.235. The van der Waals surface area contributed by atoms with E-state index in [-0.39, 0.29) is 51.1 Å². The summed E-state index contributed by atoms with van der Waals surface area (Å²) < 4.78 is 6.56. The lowest BCUT2D eigenvalue weighted by Crippen LogP contribution is -2.34. The number of H-pyrrole nitrogens is 2. The molecule has 10 nitrogen and oxygen atoms in total. The van der Waals surface area contributed by atoms with E-state index in [9.17, 15) is 14.4 Å². The molecule has 1 aromatic carbocycles. The zero-order valence-electron chi connectivity index (χ0n) is 15.3. The maximum absolute atomic E-state index is 12.1. The van der Waals surface area contributed by atoms with Crippen LogP contribution in [0.1, 0.15) is 31.0 Å². The van der Waals surface area contributed by atoms with Gasteiger partial charge in [-0.25, -0.2) is 9.89 Å². The first-order valence-electron chi connectivity index (χ1n) is 8.40. The van der Waals surface area contributed by atoms with Crippen molar-refractivity contribution in [1.29, 1.82) is 0 Å². The molecule has 152 valence electrons. The Morgan fingerprint density at radius 1 is 1.14 bits per heavy atom. The van der Waals surface area contributed by atoms with Gasteiger partial charge in [0.1, 0.15) is 5.69 Å². The molecule has 0 fully saturated rings. The number of ether oxygens (including phenoxy) is 1. The Bertz CT molecular complexity index is 1220. The van der Waals surface area contributed by atoms with E-state index in [1.54, 1.807) is 0 Å². The van der Waals surface area contributed by atoms with Crippen molar-refractivity contribution in [2.45, 2.75) is 26.3 Å². The second-order valence-electron chi connectivity index (χ2n) is 6.31. The van der Waals surface area contributed by atoms with Crippen LogP contribution in [-0.2, 0) is 6.54 Å². The first-order valence-corrected chi connectivity index (χ1v) is 9.16. The molecular formula is C17H16Cl2N6O4. The molecule has 0 saturated carbocycles. The van der Waals surface area contributed by atoms with Gasteiger partial charge in [0.2, 0.25) is 5.88 Å². The van der Waals surface area contributed by atoms with Crippen molar-refractivity contribution in [1.82, 2.24) is 25.0 Å². The van der Waals surface area contributed by atoms with Gasteiger partial charge in [0.05, 0.1) is 15.7 Å². The smallest absolute Gasteiger partial charge is 0.349 e. The predicted molar refractivity (Wildman–Crippen MR) is 107 cm³/mol. The molecule has 2 aromatic heterocycles. The van der Waals surface area contributed by atoms with Crippen molar-refractivity contribution < 1.29 is 4.74 Å². The van der Waals surface area contributed by atoms with Crippen molar-refractivity contribution in [3.63, 3.8) is 0 Å². The lowest BCUT2D eigenvalue weighted by atomic mass is 10.1. The van der Waals surface area contributed by atoms with Crippen LogP contribution < -0.4 is 27.3 Å². The minimum Gasteiger partial charge on any atom is -0.434 e. The largest absolute Gasteiger partial charge is 0.434 e. The maximum atomic E-state index is 12.1. The average molecular weight is 439 g/mol. The van der Waals surface area contributed by atoms with Crippen LogP contribution in [0.15, 0.2) is 32.6 Å². The Morgan fingerprint density at radius 2 is 1.79 bits per heavy atom. The molecule has 0 bridgehead atoms. The Balaban J connectivity index is 2.04. The van der Waals surface area contributed by atoms with Gasteiger partial charge >= 0.3 is 5.69 Å². The van der Waals surface area contributed by atoms with E-state index in [4.69, 9.17) is 33.7 Å². The number of hydrogen-bond donors (Lipinski definition) is 3. The molecule has 12 heteroatoms. The van der Waals surface area contributed by atoms with Gasteiger partial charge in [0.25, 0.3) is 11.1 Å². The normalized spacial score (nSPS) is 11.1. The lowest BCUT2D eigenvalue weighted by molar-refractivity contribution is 0.452. The van der Waals surface area contributed by atoms with Crippen LogP contribution >= 0.6 is 23.2 Å². The lowest BCUT2D eigenvalue weighted by Gasteiger charge is -2.12. The topological polar surface area (TPSA) is 149 Å². The van der Waals surface area contributed by atoms with Crippen LogP contribution in [0.3, 0.4) is 0 Å². The molecule has 0 saturated heterocycles. The molecule has 3 aromatic rings. The number of nitrogens with zero attached hydrogens (tertiary/aromatic N) is 3. The highest BCUT2D eigenvalue weighted by Gasteiger charge is 2.16. The van der Waals surface area contributed by atoms with Gasteiger partial charge in [-0.15, -0.1) is 5.10 Å². The number of nitrogens with one attached hydrogen (secondary N) is 2. The van der Waals surface area contributed by atoms with E-state index in [0.717, 1.165) is 4.68 Å². The fourth-order valence-corrected chi connectivity index (χ4v) is 3.05. The molecule has 4 N–H and O–H groups in total. The van der Waals surface area contributed by atoms with Crippen LogP contribution in [0.4, 0.5) is 0 Å². The van der Waals surface area contributed by atoms with Crippen molar-refractivity contribution in [3.8, 4) is 17.3 Å². The van der Waals surface area contributed by atoms with Crippen molar-refractivity contribution >= 4 is 23.2 Å². The van der Waals surface area contributed by atoms with Gasteiger partial charge < -0.3 is 10.5 Å². The van der Waals surface area contributed by atoms with Gasteiger partial charge in [-0.3, -0.25) is 14.6 Å². The molecule has 3 rings (SSSR count). The Labute approximate surface area is 173 Å². The number of aromatic amines is 2. The molecule has 0 atom stereocenters. The Kier molecular flexibility index (Phi) is 5.87. The molecular weight excluding hydrogens is 423 g/mol. The van der Waals surface area contributed by atoms with Crippen molar-refractivity contribution in [2.24, 2.45) is 5.73 Å². The molecule has 29 heavy (non-hydrogen) atoms.